The van der Waals surface area contributed by atoms with Crippen LogP contribution in [0.25, 0.3) is 0 Å². The zero-order valence-corrected chi connectivity index (χ0v) is 17.6. The molecule has 1 heterocycles. The molecular formula is C21H22BrFN2O4. The Labute approximate surface area is 177 Å². The minimum Gasteiger partial charge on any atom is -0.486 e. The highest BCUT2D eigenvalue weighted by Crippen LogP contribution is 2.35. The molecule has 0 unspecified atom stereocenters. The first-order valence-corrected chi connectivity index (χ1v) is 10.1. The van der Waals surface area contributed by atoms with Crippen LogP contribution in [-0.2, 0) is 22.6 Å². The molecule has 29 heavy (non-hydrogen) atoms. The number of fused-ring (bicyclic) bond motifs is 1. The molecule has 0 saturated heterocycles. The van der Waals surface area contributed by atoms with E-state index in [1.807, 2.05) is 6.92 Å². The molecule has 0 aliphatic carbocycles. The molecule has 0 saturated carbocycles. The van der Waals surface area contributed by atoms with Gasteiger partial charge < -0.3 is 19.7 Å². The smallest absolute Gasteiger partial charge is 0.239 e. The standard InChI is InChI=1S/C21H22BrFN2O4/c1-2-25(13-20(26)24-12-14-3-5-16(23)6-4-14)21(27)10-15-9-18-19(11-17(15)22)29-8-7-28-18/h3-6,9,11H,2,7-8,10,12-13H2,1H3,(H,24,26). The van der Waals surface area contributed by atoms with Crippen molar-refractivity contribution in [3.05, 3.63) is 57.8 Å². The lowest BCUT2D eigenvalue weighted by Crippen LogP contribution is -2.41. The van der Waals surface area contributed by atoms with Crippen LogP contribution < -0.4 is 14.8 Å². The van der Waals surface area contributed by atoms with Crippen molar-refractivity contribution in [3.8, 4) is 11.5 Å². The van der Waals surface area contributed by atoms with Crippen LogP contribution in [0.2, 0.25) is 0 Å². The van der Waals surface area contributed by atoms with Crippen LogP contribution >= 0.6 is 15.9 Å². The average Bonchev–Trinajstić information content (AvgIpc) is 2.72. The molecule has 6 nitrogen and oxygen atoms in total. The normalized spacial score (nSPS) is 12.4. The highest BCUT2D eigenvalue weighted by Gasteiger charge is 2.20. The fourth-order valence-corrected chi connectivity index (χ4v) is 3.39. The van der Waals surface area contributed by atoms with E-state index in [2.05, 4.69) is 21.2 Å². The van der Waals surface area contributed by atoms with E-state index in [1.165, 1.54) is 17.0 Å². The van der Waals surface area contributed by atoms with E-state index < -0.39 is 0 Å². The minimum absolute atomic E-state index is 0.0430. The molecule has 1 aliphatic heterocycles. The number of ether oxygens (including phenoxy) is 2. The van der Waals surface area contributed by atoms with E-state index in [9.17, 15) is 14.0 Å². The van der Waals surface area contributed by atoms with Crippen LogP contribution in [-0.4, -0.2) is 43.0 Å². The Morgan fingerprint density at radius 1 is 1.14 bits per heavy atom. The van der Waals surface area contributed by atoms with Gasteiger partial charge in [0, 0.05) is 17.6 Å². The third kappa shape index (κ3) is 5.69. The topological polar surface area (TPSA) is 67.9 Å². The molecule has 0 bridgehead atoms. The number of hydrogen-bond donors (Lipinski definition) is 1. The summed E-state index contributed by atoms with van der Waals surface area (Å²) in [4.78, 5) is 26.5. The molecule has 3 rings (SSSR count). The molecule has 2 aromatic carbocycles. The van der Waals surface area contributed by atoms with Crippen LogP contribution in [0.4, 0.5) is 4.39 Å². The maximum Gasteiger partial charge on any atom is 0.239 e. The highest BCUT2D eigenvalue weighted by molar-refractivity contribution is 9.10. The molecule has 2 amide bonds. The third-order valence-electron chi connectivity index (χ3n) is 4.52. The lowest BCUT2D eigenvalue weighted by Gasteiger charge is -2.22. The lowest BCUT2D eigenvalue weighted by atomic mass is 10.1. The van der Waals surface area contributed by atoms with Gasteiger partial charge in [0.05, 0.1) is 13.0 Å². The van der Waals surface area contributed by atoms with Crippen molar-refractivity contribution >= 4 is 27.7 Å². The van der Waals surface area contributed by atoms with Crippen LogP contribution in [0.1, 0.15) is 18.1 Å². The van der Waals surface area contributed by atoms with Gasteiger partial charge in [0.1, 0.15) is 19.0 Å². The van der Waals surface area contributed by atoms with E-state index in [0.717, 1.165) is 15.6 Å². The van der Waals surface area contributed by atoms with E-state index in [0.29, 0.717) is 31.3 Å². The van der Waals surface area contributed by atoms with Gasteiger partial charge in [0.25, 0.3) is 0 Å². The van der Waals surface area contributed by atoms with E-state index in [-0.39, 0.29) is 37.1 Å². The van der Waals surface area contributed by atoms with Crippen molar-refractivity contribution in [2.24, 2.45) is 0 Å². The van der Waals surface area contributed by atoms with Gasteiger partial charge >= 0.3 is 0 Å². The van der Waals surface area contributed by atoms with Crippen molar-refractivity contribution < 1.29 is 23.5 Å². The fraction of sp³-hybridized carbons (Fsp3) is 0.333. The Kier molecular flexibility index (Phi) is 7.09. The van der Waals surface area contributed by atoms with Crippen molar-refractivity contribution in [2.75, 3.05) is 26.3 Å². The number of halogens is 2. The molecule has 2 aromatic rings. The number of rotatable bonds is 7. The SMILES string of the molecule is CCN(CC(=O)NCc1ccc(F)cc1)C(=O)Cc1cc2c(cc1Br)OCCO2. The number of benzene rings is 2. The summed E-state index contributed by atoms with van der Waals surface area (Å²) < 4.78 is 24.8. The summed E-state index contributed by atoms with van der Waals surface area (Å²) in [7, 11) is 0. The van der Waals surface area contributed by atoms with Gasteiger partial charge in [-0.1, -0.05) is 28.1 Å². The average molecular weight is 465 g/mol. The molecule has 0 spiro atoms. The number of likely N-dealkylation sites (N-methyl/N-ethyl adjacent to an activating group) is 1. The molecule has 0 atom stereocenters. The maximum absolute atomic E-state index is 12.9. The first-order chi connectivity index (χ1) is 14.0. The zero-order chi connectivity index (χ0) is 20.8. The summed E-state index contributed by atoms with van der Waals surface area (Å²) in [6, 6.07) is 9.49. The van der Waals surface area contributed by atoms with Gasteiger partial charge in [-0.3, -0.25) is 9.59 Å². The number of carbonyl (C=O) groups is 2. The zero-order valence-electron chi connectivity index (χ0n) is 16.0. The Morgan fingerprint density at radius 2 is 1.79 bits per heavy atom. The number of hydrogen-bond acceptors (Lipinski definition) is 4. The fourth-order valence-electron chi connectivity index (χ4n) is 2.92. The van der Waals surface area contributed by atoms with Crippen LogP contribution in [0.15, 0.2) is 40.9 Å². The Hall–Kier alpha value is -2.61. The molecule has 8 heteroatoms. The number of amides is 2. The van der Waals surface area contributed by atoms with Gasteiger partial charge in [0.15, 0.2) is 11.5 Å². The lowest BCUT2D eigenvalue weighted by molar-refractivity contribution is -0.135. The van der Waals surface area contributed by atoms with Gasteiger partial charge in [-0.25, -0.2) is 4.39 Å². The Morgan fingerprint density at radius 3 is 2.45 bits per heavy atom. The van der Waals surface area contributed by atoms with Gasteiger partial charge in [0.2, 0.25) is 11.8 Å². The number of nitrogens with one attached hydrogen (secondary N) is 1. The van der Waals surface area contributed by atoms with Gasteiger partial charge in [-0.05, 0) is 42.3 Å². The Bertz CT molecular complexity index is 889. The molecule has 1 aliphatic rings. The molecule has 0 aromatic heterocycles. The summed E-state index contributed by atoms with van der Waals surface area (Å²) in [6.45, 7) is 3.43. The second-order valence-corrected chi connectivity index (χ2v) is 7.43. The largest absolute Gasteiger partial charge is 0.486 e. The monoisotopic (exact) mass is 464 g/mol. The maximum atomic E-state index is 12.9. The Balaban J connectivity index is 1.57. The summed E-state index contributed by atoms with van der Waals surface area (Å²) in [5.41, 5.74) is 1.55. The quantitative estimate of drug-likeness (QED) is 0.683. The van der Waals surface area contributed by atoms with Crippen molar-refractivity contribution in [1.82, 2.24) is 10.2 Å². The first kappa shape index (κ1) is 21.1. The summed E-state index contributed by atoms with van der Waals surface area (Å²) >= 11 is 3.47. The van der Waals surface area contributed by atoms with Crippen LogP contribution in [0.3, 0.4) is 0 Å². The molecule has 0 radical (unpaired) electrons. The van der Waals surface area contributed by atoms with Crippen LogP contribution in [0, 0.1) is 5.82 Å². The van der Waals surface area contributed by atoms with E-state index in [1.54, 1.807) is 24.3 Å². The second kappa shape index (κ2) is 9.73. The number of nitrogens with zero attached hydrogens (tertiary/aromatic N) is 1. The third-order valence-corrected chi connectivity index (χ3v) is 5.26. The van der Waals surface area contributed by atoms with Gasteiger partial charge in [-0.15, -0.1) is 0 Å². The molecule has 1 N–H and O–H groups in total. The van der Waals surface area contributed by atoms with E-state index in [4.69, 9.17) is 9.47 Å². The second-order valence-electron chi connectivity index (χ2n) is 6.58. The predicted octanol–water partition coefficient (Wildman–Crippen LogP) is 3.07. The van der Waals surface area contributed by atoms with E-state index >= 15 is 0 Å². The van der Waals surface area contributed by atoms with Crippen molar-refractivity contribution in [3.63, 3.8) is 0 Å². The number of carbonyl (C=O) groups excluding carboxylic acids is 2. The predicted molar refractivity (Wildman–Crippen MR) is 109 cm³/mol. The van der Waals surface area contributed by atoms with Crippen molar-refractivity contribution in [1.29, 1.82) is 0 Å². The molecular weight excluding hydrogens is 443 g/mol. The van der Waals surface area contributed by atoms with Crippen LogP contribution in [0.5, 0.6) is 11.5 Å². The van der Waals surface area contributed by atoms with Gasteiger partial charge in [-0.2, -0.15) is 0 Å². The first-order valence-electron chi connectivity index (χ1n) is 9.33. The summed E-state index contributed by atoms with van der Waals surface area (Å²) in [5.74, 6) is 0.495. The molecule has 0 fully saturated rings. The minimum atomic E-state index is -0.326. The van der Waals surface area contributed by atoms with Crippen molar-refractivity contribution in [2.45, 2.75) is 19.9 Å². The summed E-state index contributed by atoms with van der Waals surface area (Å²) in [6.07, 6.45) is 0.135. The molecule has 154 valence electrons. The summed E-state index contributed by atoms with van der Waals surface area (Å²) in [5, 5.41) is 2.75. The highest BCUT2D eigenvalue weighted by atomic mass is 79.9.